The maximum atomic E-state index is 11.8. The summed E-state index contributed by atoms with van der Waals surface area (Å²) in [4.78, 5) is 20.3. The van der Waals surface area contributed by atoms with Crippen molar-refractivity contribution in [3.63, 3.8) is 0 Å². The highest BCUT2D eigenvalue weighted by atomic mass is 35.5. The van der Waals surface area contributed by atoms with Crippen molar-refractivity contribution in [2.45, 2.75) is 52.6 Å². The summed E-state index contributed by atoms with van der Waals surface area (Å²) in [5.74, 6) is 1.20. The Labute approximate surface area is 119 Å². The van der Waals surface area contributed by atoms with Crippen LogP contribution in [0.2, 0.25) is 5.15 Å². The zero-order valence-corrected chi connectivity index (χ0v) is 12.6. The molecule has 0 radical (unpaired) electrons. The van der Waals surface area contributed by atoms with Gasteiger partial charge in [-0.1, -0.05) is 18.5 Å². The maximum absolute atomic E-state index is 11.8. The molecule has 0 saturated carbocycles. The van der Waals surface area contributed by atoms with Crippen LogP contribution < -0.4 is 10.6 Å². The Hall–Kier alpha value is -1.36. The zero-order chi connectivity index (χ0) is 14.4. The van der Waals surface area contributed by atoms with Crippen molar-refractivity contribution in [1.82, 2.24) is 15.3 Å². The molecule has 0 fully saturated rings. The first-order chi connectivity index (χ1) is 8.92. The van der Waals surface area contributed by atoms with Crippen LogP contribution in [0, 0.1) is 0 Å². The highest BCUT2D eigenvalue weighted by molar-refractivity contribution is 6.29. The number of aryl methyl sites for hydroxylation is 1. The summed E-state index contributed by atoms with van der Waals surface area (Å²) in [7, 11) is 0. The van der Waals surface area contributed by atoms with E-state index in [-0.39, 0.29) is 18.0 Å². The first-order valence-corrected chi connectivity index (χ1v) is 6.90. The Kier molecular flexibility index (Phi) is 6.02. The van der Waals surface area contributed by atoms with Crippen molar-refractivity contribution in [3.8, 4) is 0 Å². The molecule has 1 unspecified atom stereocenters. The lowest BCUT2D eigenvalue weighted by Crippen LogP contribution is -2.41. The van der Waals surface area contributed by atoms with E-state index in [0.717, 1.165) is 12.8 Å². The van der Waals surface area contributed by atoms with Crippen molar-refractivity contribution in [1.29, 1.82) is 0 Å². The van der Waals surface area contributed by atoms with Crippen LogP contribution in [-0.2, 0) is 11.2 Å². The number of carbonyl (C=O) groups is 1. The SMILES string of the molecule is CCCc1nc(Cl)cc(NC(C)C(=O)NC(C)C)n1. The maximum Gasteiger partial charge on any atom is 0.242 e. The fourth-order valence-electron chi connectivity index (χ4n) is 1.57. The molecular formula is C13H21ClN4O. The second-order valence-electron chi connectivity index (χ2n) is 4.77. The number of carbonyl (C=O) groups excluding carboxylic acids is 1. The third kappa shape index (κ3) is 5.42. The van der Waals surface area contributed by atoms with Gasteiger partial charge in [-0.3, -0.25) is 4.79 Å². The Morgan fingerprint density at radius 3 is 2.63 bits per heavy atom. The number of anilines is 1. The van der Waals surface area contributed by atoms with Gasteiger partial charge in [0.2, 0.25) is 5.91 Å². The van der Waals surface area contributed by atoms with E-state index in [9.17, 15) is 4.79 Å². The number of nitrogens with zero attached hydrogens (tertiary/aromatic N) is 2. The van der Waals surface area contributed by atoms with E-state index in [1.807, 2.05) is 13.8 Å². The van der Waals surface area contributed by atoms with E-state index in [4.69, 9.17) is 11.6 Å². The van der Waals surface area contributed by atoms with Gasteiger partial charge in [-0.15, -0.1) is 0 Å². The van der Waals surface area contributed by atoms with Crippen LogP contribution in [0.1, 0.15) is 39.9 Å². The second kappa shape index (κ2) is 7.28. The van der Waals surface area contributed by atoms with Gasteiger partial charge in [0.15, 0.2) is 0 Å². The molecule has 1 atom stereocenters. The summed E-state index contributed by atoms with van der Waals surface area (Å²) >= 11 is 5.94. The molecule has 0 aliphatic heterocycles. The number of amides is 1. The molecule has 1 heterocycles. The smallest absolute Gasteiger partial charge is 0.242 e. The molecule has 0 aromatic carbocycles. The summed E-state index contributed by atoms with van der Waals surface area (Å²) < 4.78 is 0. The van der Waals surface area contributed by atoms with E-state index in [2.05, 4.69) is 27.5 Å². The molecule has 2 N–H and O–H groups in total. The third-order valence-corrected chi connectivity index (χ3v) is 2.60. The van der Waals surface area contributed by atoms with Gasteiger partial charge in [0.1, 0.15) is 22.8 Å². The molecule has 19 heavy (non-hydrogen) atoms. The van der Waals surface area contributed by atoms with Crippen molar-refractivity contribution in [3.05, 3.63) is 17.0 Å². The summed E-state index contributed by atoms with van der Waals surface area (Å²) in [6.45, 7) is 7.68. The Morgan fingerprint density at radius 1 is 1.37 bits per heavy atom. The third-order valence-electron chi connectivity index (χ3n) is 2.40. The first kappa shape index (κ1) is 15.7. The van der Waals surface area contributed by atoms with Crippen LogP contribution in [-0.4, -0.2) is 28.0 Å². The van der Waals surface area contributed by atoms with Crippen LogP contribution in [0.25, 0.3) is 0 Å². The van der Waals surface area contributed by atoms with Crippen molar-refractivity contribution in [2.75, 3.05) is 5.32 Å². The minimum Gasteiger partial charge on any atom is -0.358 e. The molecule has 0 aliphatic carbocycles. The molecule has 106 valence electrons. The number of aromatic nitrogens is 2. The Bertz CT molecular complexity index is 437. The number of rotatable bonds is 6. The molecule has 0 saturated heterocycles. The number of nitrogens with one attached hydrogen (secondary N) is 2. The molecule has 5 nitrogen and oxygen atoms in total. The second-order valence-corrected chi connectivity index (χ2v) is 5.16. The first-order valence-electron chi connectivity index (χ1n) is 6.52. The number of halogens is 1. The van der Waals surface area contributed by atoms with E-state index in [1.165, 1.54) is 0 Å². The molecule has 1 rings (SSSR count). The van der Waals surface area contributed by atoms with Crippen LogP contribution in [0.3, 0.4) is 0 Å². The lowest BCUT2D eigenvalue weighted by atomic mass is 10.2. The van der Waals surface area contributed by atoms with Gasteiger partial charge in [-0.25, -0.2) is 9.97 Å². The predicted molar refractivity (Wildman–Crippen MR) is 77.4 cm³/mol. The summed E-state index contributed by atoms with van der Waals surface area (Å²) in [5.41, 5.74) is 0. The minimum absolute atomic E-state index is 0.0678. The molecular weight excluding hydrogens is 264 g/mol. The highest BCUT2D eigenvalue weighted by Crippen LogP contribution is 2.13. The van der Waals surface area contributed by atoms with Crippen molar-refractivity contribution >= 4 is 23.3 Å². The van der Waals surface area contributed by atoms with E-state index >= 15 is 0 Å². The monoisotopic (exact) mass is 284 g/mol. The standard InChI is InChI=1S/C13H21ClN4O/c1-5-6-11-17-10(14)7-12(18-11)16-9(4)13(19)15-8(2)3/h7-9H,5-6H2,1-4H3,(H,15,19)(H,16,17,18). The van der Waals surface area contributed by atoms with Gasteiger partial charge in [0.25, 0.3) is 0 Å². The molecule has 0 bridgehead atoms. The summed E-state index contributed by atoms with van der Waals surface area (Å²) in [6.07, 6.45) is 1.71. The van der Waals surface area contributed by atoms with E-state index in [1.54, 1.807) is 13.0 Å². The average Bonchev–Trinajstić information content (AvgIpc) is 2.27. The largest absolute Gasteiger partial charge is 0.358 e. The topological polar surface area (TPSA) is 66.9 Å². The van der Waals surface area contributed by atoms with Gasteiger partial charge >= 0.3 is 0 Å². The molecule has 0 aliphatic rings. The van der Waals surface area contributed by atoms with Crippen LogP contribution in [0.15, 0.2) is 6.07 Å². The molecule has 6 heteroatoms. The molecule has 1 aromatic heterocycles. The lowest BCUT2D eigenvalue weighted by Gasteiger charge is -2.16. The van der Waals surface area contributed by atoms with Gasteiger partial charge in [-0.2, -0.15) is 0 Å². The quantitative estimate of drug-likeness (QED) is 0.787. The normalized spacial score (nSPS) is 12.3. The van der Waals surface area contributed by atoms with Crippen molar-refractivity contribution < 1.29 is 4.79 Å². The lowest BCUT2D eigenvalue weighted by molar-refractivity contribution is -0.122. The number of hydrogen-bond donors (Lipinski definition) is 2. The fourth-order valence-corrected chi connectivity index (χ4v) is 1.77. The van der Waals surface area contributed by atoms with Gasteiger partial charge in [0, 0.05) is 18.5 Å². The number of hydrogen-bond acceptors (Lipinski definition) is 4. The Balaban J connectivity index is 2.73. The van der Waals surface area contributed by atoms with Gasteiger partial charge in [0.05, 0.1) is 0 Å². The average molecular weight is 285 g/mol. The fraction of sp³-hybridized carbons (Fsp3) is 0.615. The van der Waals surface area contributed by atoms with Crippen LogP contribution in [0.5, 0.6) is 0 Å². The van der Waals surface area contributed by atoms with Crippen LogP contribution in [0.4, 0.5) is 5.82 Å². The van der Waals surface area contributed by atoms with Gasteiger partial charge in [-0.05, 0) is 27.2 Å². The Morgan fingerprint density at radius 2 is 2.05 bits per heavy atom. The summed E-state index contributed by atoms with van der Waals surface area (Å²) in [5, 5.41) is 6.26. The van der Waals surface area contributed by atoms with Gasteiger partial charge < -0.3 is 10.6 Å². The van der Waals surface area contributed by atoms with Crippen LogP contribution >= 0.6 is 11.6 Å². The summed E-state index contributed by atoms with van der Waals surface area (Å²) in [6, 6.07) is 1.36. The highest BCUT2D eigenvalue weighted by Gasteiger charge is 2.14. The van der Waals surface area contributed by atoms with Crippen molar-refractivity contribution in [2.24, 2.45) is 0 Å². The predicted octanol–water partition coefficient (Wildman–Crippen LogP) is 2.41. The minimum atomic E-state index is -0.372. The molecule has 1 aromatic rings. The molecule has 1 amide bonds. The zero-order valence-electron chi connectivity index (χ0n) is 11.8. The van der Waals surface area contributed by atoms with E-state index < -0.39 is 0 Å². The molecule has 0 spiro atoms. The van der Waals surface area contributed by atoms with E-state index in [0.29, 0.717) is 16.8 Å².